The van der Waals surface area contributed by atoms with Crippen LogP contribution in [0.3, 0.4) is 0 Å². The van der Waals surface area contributed by atoms with Gasteiger partial charge in [-0.05, 0) is 22.8 Å². The van der Waals surface area contributed by atoms with Crippen LogP contribution in [0.5, 0.6) is 0 Å². The Kier molecular flexibility index (Phi) is 3.08. The van der Waals surface area contributed by atoms with Crippen molar-refractivity contribution in [1.82, 2.24) is 0 Å². The van der Waals surface area contributed by atoms with Crippen LogP contribution in [0.25, 0.3) is 10.8 Å². The maximum Gasteiger partial charge on any atom is 0.0434 e. The van der Waals surface area contributed by atoms with Crippen molar-refractivity contribution in [3.05, 3.63) is 60.2 Å². The van der Waals surface area contributed by atoms with E-state index in [9.17, 15) is 0 Å². The summed E-state index contributed by atoms with van der Waals surface area (Å²) in [6, 6.07) is 14.7. The van der Waals surface area contributed by atoms with Crippen LogP contribution in [0.1, 0.15) is 5.56 Å². The first-order chi connectivity index (χ1) is 7.31. The van der Waals surface area contributed by atoms with E-state index in [-0.39, 0.29) is 0 Å². The van der Waals surface area contributed by atoms with Crippen LogP contribution in [0.15, 0.2) is 54.6 Å². The fourth-order valence-corrected chi connectivity index (χ4v) is 1.86. The van der Waals surface area contributed by atoms with Gasteiger partial charge in [0.2, 0.25) is 0 Å². The number of hydrogen-bond acceptors (Lipinski definition) is 0. The first kappa shape index (κ1) is 10.3. The number of rotatable bonds is 3. The molecule has 2 aromatic rings. The zero-order chi connectivity index (χ0) is 10.7. The lowest BCUT2D eigenvalue weighted by atomic mass is 10.00. The van der Waals surface area contributed by atoms with Crippen LogP contribution in [-0.4, -0.2) is 5.88 Å². The van der Waals surface area contributed by atoms with Crippen molar-refractivity contribution >= 4 is 22.4 Å². The minimum absolute atomic E-state index is 0.531. The summed E-state index contributed by atoms with van der Waals surface area (Å²) >= 11 is 5.75. The standard InChI is InChI=1S/C14H13Cl/c1-11(10-15)9-13-7-4-6-12-5-2-3-8-14(12)13/h2-8H,1,9-10H2. The topological polar surface area (TPSA) is 0 Å². The fraction of sp³-hybridized carbons (Fsp3) is 0.143. The lowest BCUT2D eigenvalue weighted by molar-refractivity contribution is 1.18. The predicted molar refractivity (Wildman–Crippen MR) is 67.5 cm³/mol. The van der Waals surface area contributed by atoms with E-state index in [2.05, 4.69) is 49.0 Å². The van der Waals surface area contributed by atoms with E-state index in [0.717, 1.165) is 12.0 Å². The Labute approximate surface area is 95.2 Å². The maximum absolute atomic E-state index is 5.75. The molecule has 0 saturated carbocycles. The Morgan fingerprint density at radius 1 is 1.07 bits per heavy atom. The molecule has 0 aromatic heterocycles. The van der Waals surface area contributed by atoms with Gasteiger partial charge in [-0.2, -0.15) is 0 Å². The van der Waals surface area contributed by atoms with Gasteiger partial charge in [-0.1, -0.05) is 54.6 Å². The molecule has 0 heterocycles. The number of allylic oxidation sites excluding steroid dienone is 1. The molecule has 2 rings (SSSR count). The van der Waals surface area contributed by atoms with Crippen molar-refractivity contribution in [2.45, 2.75) is 6.42 Å². The molecule has 0 unspecified atom stereocenters. The summed E-state index contributed by atoms with van der Waals surface area (Å²) in [4.78, 5) is 0. The second-order valence-electron chi connectivity index (χ2n) is 3.70. The minimum Gasteiger partial charge on any atom is -0.122 e. The summed E-state index contributed by atoms with van der Waals surface area (Å²) in [7, 11) is 0. The van der Waals surface area contributed by atoms with Gasteiger partial charge in [-0.15, -0.1) is 11.6 Å². The lowest BCUT2D eigenvalue weighted by Crippen LogP contribution is -1.91. The predicted octanol–water partition coefficient (Wildman–Crippen LogP) is 4.18. The summed E-state index contributed by atoms with van der Waals surface area (Å²) in [6.07, 6.45) is 0.866. The van der Waals surface area contributed by atoms with Gasteiger partial charge >= 0.3 is 0 Å². The van der Waals surface area contributed by atoms with E-state index >= 15 is 0 Å². The Morgan fingerprint density at radius 3 is 2.60 bits per heavy atom. The van der Waals surface area contributed by atoms with Crippen LogP contribution >= 0.6 is 11.6 Å². The maximum atomic E-state index is 5.75. The molecule has 76 valence electrons. The molecular weight excluding hydrogens is 204 g/mol. The van der Waals surface area contributed by atoms with Crippen molar-refractivity contribution in [2.75, 3.05) is 5.88 Å². The summed E-state index contributed by atoms with van der Waals surface area (Å²) in [5.41, 5.74) is 2.37. The number of hydrogen-bond donors (Lipinski definition) is 0. The largest absolute Gasteiger partial charge is 0.122 e. The molecule has 0 bridgehead atoms. The molecule has 0 aliphatic carbocycles. The third kappa shape index (κ3) is 2.21. The van der Waals surface area contributed by atoms with Crippen molar-refractivity contribution in [3.63, 3.8) is 0 Å². The van der Waals surface area contributed by atoms with Crippen molar-refractivity contribution in [2.24, 2.45) is 0 Å². The van der Waals surface area contributed by atoms with Crippen LogP contribution in [-0.2, 0) is 6.42 Å². The second-order valence-corrected chi connectivity index (χ2v) is 3.97. The van der Waals surface area contributed by atoms with Crippen LogP contribution in [0, 0.1) is 0 Å². The van der Waals surface area contributed by atoms with E-state index < -0.39 is 0 Å². The van der Waals surface area contributed by atoms with Crippen LogP contribution < -0.4 is 0 Å². The van der Waals surface area contributed by atoms with Gasteiger partial charge < -0.3 is 0 Å². The first-order valence-corrected chi connectivity index (χ1v) is 5.54. The monoisotopic (exact) mass is 216 g/mol. The van der Waals surface area contributed by atoms with Crippen molar-refractivity contribution < 1.29 is 0 Å². The molecule has 0 fully saturated rings. The quantitative estimate of drug-likeness (QED) is 0.534. The van der Waals surface area contributed by atoms with Gasteiger partial charge in [-0.3, -0.25) is 0 Å². The normalized spacial score (nSPS) is 10.5. The molecule has 2 aromatic carbocycles. The van der Waals surface area contributed by atoms with Gasteiger partial charge in [0.15, 0.2) is 0 Å². The molecule has 0 nitrogen and oxygen atoms in total. The molecule has 0 saturated heterocycles. The molecule has 1 heteroatoms. The highest BCUT2D eigenvalue weighted by atomic mass is 35.5. The molecule has 0 N–H and O–H groups in total. The average Bonchev–Trinajstić information content (AvgIpc) is 2.29. The highest BCUT2D eigenvalue weighted by Gasteiger charge is 2.01. The lowest BCUT2D eigenvalue weighted by Gasteiger charge is -2.06. The van der Waals surface area contributed by atoms with Gasteiger partial charge in [-0.25, -0.2) is 0 Å². The molecule has 0 atom stereocenters. The zero-order valence-corrected chi connectivity index (χ0v) is 9.30. The van der Waals surface area contributed by atoms with Gasteiger partial charge in [0.05, 0.1) is 0 Å². The highest BCUT2D eigenvalue weighted by molar-refractivity contribution is 6.19. The minimum atomic E-state index is 0.531. The van der Waals surface area contributed by atoms with Crippen LogP contribution in [0.2, 0.25) is 0 Å². The molecule has 0 aliphatic heterocycles. The van der Waals surface area contributed by atoms with E-state index in [0.29, 0.717) is 5.88 Å². The Bertz CT molecular complexity index is 480. The summed E-state index contributed by atoms with van der Waals surface area (Å²) in [5, 5.41) is 2.57. The number of alkyl halides is 1. The third-order valence-electron chi connectivity index (χ3n) is 2.51. The van der Waals surface area contributed by atoms with Crippen LogP contribution in [0.4, 0.5) is 0 Å². The Morgan fingerprint density at radius 2 is 1.80 bits per heavy atom. The number of benzene rings is 2. The van der Waals surface area contributed by atoms with E-state index in [1.54, 1.807) is 0 Å². The third-order valence-corrected chi connectivity index (χ3v) is 2.89. The van der Waals surface area contributed by atoms with Gasteiger partial charge in [0, 0.05) is 5.88 Å². The molecule has 15 heavy (non-hydrogen) atoms. The fourth-order valence-electron chi connectivity index (χ4n) is 1.76. The molecule has 0 spiro atoms. The zero-order valence-electron chi connectivity index (χ0n) is 8.54. The average molecular weight is 217 g/mol. The smallest absolute Gasteiger partial charge is 0.0434 e. The summed E-state index contributed by atoms with van der Waals surface area (Å²) in [5.74, 6) is 0.531. The molecular formula is C14H13Cl. The summed E-state index contributed by atoms with van der Waals surface area (Å²) in [6.45, 7) is 3.94. The molecule has 0 amide bonds. The van der Waals surface area contributed by atoms with E-state index in [1.807, 2.05) is 0 Å². The summed E-state index contributed by atoms with van der Waals surface area (Å²) < 4.78 is 0. The van der Waals surface area contributed by atoms with Crippen molar-refractivity contribution in [3.8, 4) is 0 Å². The highest BCUT2D eigenvalue weighted by Crippen LogP contribution is 2.20. The van der Waals surface area contributed by atoms with E-state index in [4.69, 9.17) is 11.6 Å². The van der Waals surface area contributed by atoms with Crippen molar-refractivity contribution in [1.29, 1.82) is 0 Å². The van der Waals surface area contributed by atoms with Gasteiger partial charge in [0.25, 0.3) is 0 Å². The number of halogens is 1. The number of fused-ring (bicyclic) bond motifs is 1. The molecule has 0 radical (unpaired) electrons. The van der Waals surface area contributed by atoms with E-state index in [1.165, 1.54) is 16.3 Å². The Balaban J connectivity index is 2.46. The molecule has 0 aliphatic rings. The Hall–Kier alpha value is -1.27. The van der Waals surface area contributed by atoms with Gasteiger partial charge in [0.1, 0.15) is 0 Å². The SMILES string of the molecule is C=C(CCl)Cc1cccc2ccccc12. The second kappa shape index (κ2) is 4.50. The first-order valence-electron chi connectivity index (χ1n) is 5.00.